The van der Waals surface area contributed by atoms with E-state index in [0.717, 1.165) is 24.0 Å². The quantitative estimate of drug-likeness (QED) is 0.170. The molecule has 0 aromatic carbocycles. The summed E-state index contributed by atoms with van der Waals surface area (Å²) in [4.78, 5) is 16.3. The van der Waals surface area contributed by atoms with E-state index >= 15 is 0 Å². The molecule has 4 heteroatoms. The molecule has 1 rings (SSSR count). The summed E-state index contributed by atoms with van der Waals surface area (Å²) in [6.45, 7) is 10.2. The predicted octanol–water partition coefficient (Wildman–Crippen LogP) is 6.36. The average molecular weight is 407 g/mol. The van der Waals surface area contributed by atoms with Crippen molar-refractivity contribution in [3.63, 3.8) is 0 Å². The van der Waals surface area contributed by atoms with Gasteiger partial charge in [0.15, 0.2) is 12.3 Å². The van der Waals surface area contributed by atoms with Crippen LogP contribution in [0.2, 0.25) is 0 Å². The molecule has 0 aromatic rings. The SMILES string of the molecule is CCC/C=C/CCCCCCCCCCCC1N=CC[N+]1(CC)C(C)NC(C)=O. The summed E-state index contributed by atoms with van der Waals surface area (Å²) < 4.78 is 0.882. The van der Waals surface area contributed by atoms with Crippen LogP contribution < -0.4 is 5.32 Å². The second-order valence-corrected chi connectivity index (χ2v) is 8.81. The van der Waals surface area contributed by atoms with E-state index in [0.29, 0.717) is 6.17 Å². The van der Waals surface area contributed by atoms with Gasteiger partial charge < -0.3 is 5.32 Å². The fraction of sp³-hybridized carbons (Fsp3) is 0.840. The molecule has 0 radical (unpaired) electrons. The van der Waals surface area contributed by atoms with Crippen molar-refractivity contribution in [1.82, 2.24) is 5.32 Å². The van der Waals surface area contributed by atoms with Gasteiger partial charge in [-0.2, -0.15) is 0 Å². The van der Waals surface area contributed by atoms with Gasteiger partial charge in [-0.15, -0.1) is 0 Å². The maximum absolute atomic E-state index is 11.5. The maximum Gasteiger partial charge on any atom is 0.221 e. The number of unbranched alkanes of at least 4 members (excludes halogenated alkanes) is 10. The van der Waals surface area contributed by atoms with Crippen LogP contribution in [0.25, 0.3) is 0 Å². The Hall–Kier alpha value is -1.16. The standard InChI is InChI=1S/C25H47N3O/c1-5-7-8-9-10-11-12-13-14-15-16-17-18-19-20-25-26-21-22-28(25,6-2)23(3)27-24(4)29/h8-9,21,23,25H,5-7,10-20,22H2,1-4H3/p+1/b9-8+. The zero-order valence-electron chi connectivity index (χ0n) is 19.8. The maximum atomic E-state index is 11.5. The first-order valence-corrected chi connectivity index (χ1v) is 12.4. The number of quaternary nitrogens is 1. The summed E-state index contributed by atoms with van der Waals surface area (Å²) in [5.41, 5.74) is 0. The lowest BCUT2D eigenvalue weighted by molar-refractivity contribution is -0.959. The number of amides is 1. The number of hydrogen-bond acceptors (Lipinski definition) is 2. The molecule has 3 unspecified atom stereocenters. The van der Waals surface area contributed by atoms with Crippen LogP contribution in [0.3, 0.4) is 0 Å². The summed E-state index contributed by atoms with van der Waals surface area (Å²) in [6, 6.07) is 0. The molecule has 0 spiro atoms. The van der Waals surface area contributed by atoms with Crippen LogP contribution in [0, 0.1) is 0 Å². The van der Waals surface area contributed by atoms with E-state index in [1.165, 1.54) is 77.0 Å². The topological polar surface area (TPSA) is 41.5 Å². The van der Waals surface area contributed by atoms with Gasteiger partial charge in [0.2, 0.25) is 5.91 Å². The Kier molecular flexibility index (Phi) is 14.0. The molecule has 0 aliphatic carbocycles. The molecule has 168 valence electrons. The van der Waals surface area contributed by atoms with Gasteiger partial charge in [0.1, 0.15) is 6.54 Å². The molecule has 29 heavy (non-hydrogen) atoms. The van der Waals surface area contributed by atoms with Crippen molar-refractivity contribution in [2.24, 2.45) is 4.99 Å². The number of nitrogens with one attached hydrogen (secondary N) is 1. The summed E-state index contributed by atoms with van der Waals surface area (Å²) in [6.07, 6.45) is 24.3. The monoisotopic (exact) mass is 406 g/mol. The Balaban J connectivity index is 2.08. The molecule has 1 amide bonds. The Bertz CT molecular complexity index is 488. The van der Waals surface area contributed by atoms with E-state index in [1.807, 2.05) is 0 Å². The van der Waals surface area contributed by atoms with E-state index < -0.39 is 0 Å². The van der Waals surface area contributed by atoms with Gasteiger partial charge >= 0.3 is 0 Å². The van der Waals surface area contributed by atoms with Gasteiger partial charge in [0, 0.05) is 20.3 Å². The largest absolute Gasteiger partial charge is 0.307 e. The number of nitrogens with zero attached hydrogens (tertiary/aromatic N) is 2. The number of allylic oxidation sites excluding steroid dienone is 2. The highest BCUT2D eigenvalue weighted by atomic mass is 16.1. The Labute approximate surface area is 180 Å². The van der Waals surface area contributed by atoms with Crippen molar-refractivity contribution < 1.29 is 9.28 Å². The van der Waals surface area contributed by atoms with Crippen LogP contribution in [-0.2, 0) is 4.79 Å². The summed E-state index contributed by atoms with van der Waals surface area (Å²) in [5.74, 6) is 0.0575. The van der Waals surface area contributed by atoms with Crippen LogP contribution in [0.5, 0.6) is 0 Å². The van der Waals surface area contributed by atoms with E-state index in [9.17, 15) is 4.79 Å². The average Bonchev–Trinajstić information content (AvgIpc) is 3.12. The van der Waals surface area contributed by atoms with Crippen molar-refractivity contribution in [1.29, 1.82) is 0 Å². The molecular weight excluding hydrogens is 358 g/mol. The van der Waals surface area contributed by atoms with Gasteiger partial charge in [-0.1, -0.05) is 70.4 Å². The van der Waals surface area contributed by atoms with Gasteiger partial charge in [-0.05, 0) is 32.6 Å². The number of rotatable bonds is 17. The van der Waals surface area contributed by atoms with Crippen LogP contribution in [-0.4, -0.2) is 42.0 Å². The third kappa shape index (κ3) is 9.93. The highest BCUT2D eigenvalue weighted by Crippen LogP contribution is 2.27. The molecule has 0 fully saturated rings. The molecule has 0 saturated heterocycles. The van der Waals surface area contributed by atoms with Crippen molar-refractivity contribution in [2.45, 2.75) is 123 Å². The molecule has 1 N–H and O–H groups in total. The van der Waals surface area contributed by atoms with Gasteiger partial charge in [-0.3, -0.25) is 9.28 Å². The fourth-order valence-corrected chi connectivity index (χ4v) is 4.59. The van der Waals surface area contributed by atoms with Crippen LogP contribution in [0.1, 0.15) is 111 Å². The normalized spacial score (nSPS) is 22.4. The van der Waals surface area contributed by atoms with Crippen LogP contribution in [0.4, 0.5) is 0 Å². The Morgan fingerprint density at radius 1 is 1.03 bits per heavy atom. The lowest BCUT2D eigenvalue weighted by Crippen LogP contribution is -2.63. The zero-order chi connectivity index (χ0) is 21.4. The summed E-state index contributed by atoms with van der Waals surface area (Å²) in [7, 11) is 0. The van der Waals surface area contributed by atoms with Crippen molar-refractivity contribution in [3.05, 3.63) is 12.2 Å². The minimum absolute atomic E-state index is 0.0575. The number of aliphatic imine (C=N–C) groups is 1. The number of hydrogen-bond donors (Lipinski definition) is 1. The molecule has 1 aliphatic heterocycles. The fourth-order valence-electron chi connectivity index (χ4n) is 4.59. The highest BCUT2D eigenvalue weighted by Gasteiger charge is 2.42. The number of carbonyl (C=O) groups excluding carboxylic acids is 1. The van der Waals surface area contributed by atoms with Crippen molar-refractivity contribution in [3.8, 4) is 0 Å². The molecule has 0 aromatic heterocycles. The smallest absolute Gasteiger partial charge is 0.221 e. The molecular formula is C25H48N3O+. The van der Waals surface area contributed by atoms with E-state index in [1.54, 1.807) is 6.92 Å². The molecule has 1 heterocycles. The number of carbonyl (C=O) groups is 1. The van der Waals surface area contributed by atoms with E-state index in [2.05, 4.69) is 44.5 Å². The van der Waals surface area contributed by atoms with E-state index in [-0.39, 0.29) is 12.1 Å². The third-order valence-corrected chi connectivity index (χ3v) is 6.52. The van der Waals surface area contributed by atoms with Crippen LogP contribution in [0.15, 0.2) is 17.1 Å². The van der Waals surface area contributed by atoms with Gasteiger partial charge in [-0.25, -0.2) is 4.99 Å². The molecule has 1 aliphatic rings. The van der Waals surface area contributed by atoms with Crippen LogP contribution >= 0.6 is 0 Å². The molecule has 0 saturated carbocycles. The van der Waals surface area contributed by atoms with Gasteiger partial charge in [0.05, 0.1) is 12.8 Å². The lowest BCUT2D eigenvalue weighted by Gasteiger charge is -2.42. The predicted molar refractivity (Wildman–Crippen MR) is 126 cm³/mol. The lowest BCUT2D eigenvalue weighted by atomic mass is 10.0. The second kappa shape index (κ2) is 15.6. The second-order valence-electron chi connectivity index (χ2n) is 8.81. The molecule has 4 nitrogen and oxygen atoms in total. The summed E-state index contributed by atoms with van der Waals surface area (Å²) >= 11 is 0. The first-order chi connectivity index (χ1) is 14.1. The zero-order valence-corrected chi connectivity index (χ0v) is 19.8. The van der Waals surface area contributed by atoms with Crippen molar-refractivity contribution >= 4 is 12.1 Å². The molecule has 0 bridgehead atoms. The van der Waals surface area contributed by atoms with Gasteiger partial charge in [0.25, 0.3) is 0 Å². The Morgan fingerprint density at radius 2 is 1.62 bits per heavy atom. The molecule has 3 atom stereocenters. The summed E-state index contributed by atoms with van der Waals surface area (Å²) in [5, 5.41) is 3.11. The van der Waals surface area contributed by atoms with E-state index in [4.69, 9.17) is 4.99 Å². The minimum Gasteiger partial charge on any atom is -0.307 e. The first kappa shape index (κ1) is 25.9. The third-order valence-electron chi connectivity index (χ3n) is 6.52. The Morgan fingerprint density at radius 3 is 2.21 bits per heavy atom. The highest BCUT2D eigenvalue weighted by molar-refractivity contribution is 5.73. The first-order valence-electron chi connectivity index (χ1n) is 12.4. The van der Waals surface area contributed by atoms with Crippen molar-refractivity contribution in [2.75, 3.05) is 13.1 Å². The minimum atomic E-state index is 0.0575.